The average molecular weight is 408 g/mol. The van der Waals surface area contributed by atoms with Crippen molar-refractivity contribution in [2.45, 2.75) is 70.1 Å². The standard InChI is InChI=1S/C27H31F2N/c28-18-6-4-2-1-3-5-7-21-8-10-22(11-9-21)23-12-14-24(15-13-23)25-16-17-26(20-30)27(29)19-25/h6,12-19,21-22H,1-5,7-11H2. The maximum absolute atomic E-state index is 13.9. The molecule has 2 aromatic rings. The fraction of sp³-hybridized carbons (Fsp3) is 0.444. The van der Waals surface area contributed by atoms with E-state index in [4.69, 9.17) is 5.26 Å². The predicted molar refractivity (Wildman–Crippen MR) is 119 cm³/mol. The number of hydrogen-bond acceptors (Lipinski definition) is 1. The molecular formula is C27H31F2N. The van der Waals surface area contributed by atoms with Crippen LogP contribution in [0.25, 0.3) is 11.1 Å². The molecule has 1 fully saturated rings. The topological polar surface area (TPSA) is 23.8 Å². The van der Waals surface area contributed by atoms with E-state index in [1.54, 1.807) is 18.2 Å². The average Bonchev–Trinajstić information content (AvgIpc) is 2.79. The highest BCUT2D eigenvalue weighted by Gasteiger charge is 2.22. The van der Waals surface area contributed by atoms with Gasteiger partial charge in [0.1, 0.15) is 11.9 Å². The Morgan fingerprint density at radius 2 is 1.60 bits per heavy atom. The lowest BCUT2D eigenvalue weighted by Crippen LogP contribution is -2.13. The van der Waals surface area contributed by atoms with Gasteiger partial charge in [0.15, 0.2) is 0 Å². The van der Waals surface area contributed by atoms with Gasteiger partial charge in [0.05, 0.1) is 11.9 Å². The molecule has 0 amide bonds. The van der Waals surface area contributed by atoms with Gasteiger partial charge < -0.3 is 0 Å². The summed E-state index contributed by atoms with van der Waals surface area (Å²) in [6.07, 6.45) is 14.4. The Kier molecular flexibility index (Phi) is 8.63. The highest BCUT2D eigenvalue weighted by atomic mass is 19.1. The molecule has 0 spiro atoms. The molecule has 1 saturated carbocycles. The van der Waals surface area contributed by atoms with E-state index in [0.29, 0.717) is 12.2 Å². The van der Waals surface area contributed by atoms with Crippen molar-refractivity contribution in [1.29, 1.82) is 5.26 Å². The Balaban J connectivity index is 1.44. The van der Waals surface area contributed by atoms with Crippen LogP contribution in [0.4, 0.5) is 8.78 Å². The number of rotatable bonds is 9. The van der Waals surface area contributed by atoms with Crippen LogP contribution in [-0.2, 0) is 0 Å². The lowest BCUT2D eigenvalue weighted by molar-refractivity contribution is 0.302. The largest absolute Gasteiger partial charge is 0.216 e. The SMILES string of the molecule is N#Cc1ccc(-c2ccc(C3CCC(CCCCCCC=CF)CC3)cc2)cc1F. The summed E-state index contributed by atoms with van der Waals surface area (Å²) < 4.78 is 25.8. The highest BCUT2D eigenvalue weighted by molar-refractivity contribution is 5.64. The second kappa shape index (κ2) is 11.6. The van der Waals surface area contributed by atoms with E-state index in [2.05, 4.69) is 24.3 Å². The van der Waals surface area contributed by atoms with E-state index >= 15 is 0 Å². The van der Waals surface area contributed by atoms with Gasteiger partial charge in [0.2, 0.25) is 0 Å². The van der Waals surface area contributed by atoms with E-state index in [-0.39, 0.29) is 5.56 Å². The van der Waals surface area contributed by atoms with Crippen LogP contribution < -0.4 is 0 Å². The first kappa shape index (κ1) is 22.2. The molecule has 1 nitrogen and oxygen atoms in total. The van der Waals surface area contributed by atoms with Crippen molar-refractivity contribution in [3.63, 3.8) is 0 Å². The molecule has 0 unspecified atom stereocenters. The Bertz CT molecular complexity index is 855. The normalized spacial score (nSPS) is 19.1. The van der Waals surface area contributed by atoms with Gasteiger partial charge >= 0.3 is 0 Å². The predicted octanol–water partition coefficient (Wildman–Crippen LogP) is 8.46. The molecule has 0 atom stereocenters. The third kappa shape index (κ3) is 6.26. The van der Waals surface area contributed by atoms with Crippen molar-refractivity contribution in [2.24, 2.45) is 5.92 Å². The fourth-order valence-electron chi connectivity index (χ4n) is 4.63. The summed E-state index contributed by atoms with van der Waals surface area (Å²) in [4.78, 5) is 0. The minimum absolute atomic E-state index is 0.0843. The van der Waals surface area contributed by atoms with Crippen LogP contribution in [0.2, 0.25) is 0 Å². The third-order valence-electron chi connectivity index (χ3n) is 6.47. The second-order valence-corrected chi connectivity index (χ2v) is 8.50. The van der Waals surface area contributed by atoms with Crippen LogP contribution in [0.5, 0.6) is 0 Å². The molecule has 158 valence electrons. The van der Waals surface area contributed by atoms with Crippen LogP contribution in [0.1, 0.15) is 81.3 Å². The Hall–Kier alpha value is -2.47. The summed E-state index contributed by atoms with van der Waals surface area (Å²) in [6.45, 7) is 0. The summed E-state index contributed by atoms with van der Waals surface area (Å²) in [6, 6.07) is 15.2. The Morgan fingerprint density at radius 3 is 2.27 bits per heavy atom. The molecule has 0 bridgehead atoms. The number of hydrogen-bond donors (Lipinski definition) is 0. The van der Waals surface area contributed by atoms with Gasteiger partial charge in [-0.05, 0) is 79.2 Å². The molecule has 0 heterocycles. The van der Waals surface area contributed by atoms with Crippen LogP contribution in [0, 0.1) is 23.1 Å². The van der Waals surface area contributed by atoms with Gasteiger partial charge in [-0.1, -0.05) is 62.1 Å². The molecule has 0 N–H and O–H groups in total. The Labute approximate surface area is 179 Å². The lowest BCUT2D eigenvalue weighted by Gasteiger charge is -2.29. The molecule has 3 heteroatoms. The maximum atomic E-state index is 13.9. The van der Waals surface area contributed by atoms with Crippen molar-refractivity contribution in [1.82, 2.24) is 0 Å². The molecule has 2 aromatic carbocycles. The van der Waals surface area contributed by atoms with Crippen LogP contribution >= 0.6 is 0 Å². The zero-order chi connectivity index (χ0) is 21.2. The van der Waals surface area contributed by atoms with Gasteiger partial charge in [-0.2, -0.15) is 5.26 Å². The zero-order valence-corrected chi connectivity index (χ0v) is 17.6. The first-order valence-electron chi connectivity index (χ1n) is 11.3. The molecule has 0 aliphatic heterocycles. The first-order valence-corrected chi connectivity index (χ1v) is 11.3. The van der Waals surface area contributed by atoms with Crippen molar-refractivity contribution in [3.8, 4) is 17.2 Å². The molecular weight excluding hydrogens is 376 g/mol. The zero-order valence-electron chi connectivity index (χ0n) is 17.6. The number of unbranched alkanes of at least 4 members (excludes halogenated alkanes) is 4. The number of halogens is 2. The monoisotopic (exact) mass is 407 g/mol. The molecule has 1 aliphatic rings. The molecule has 1 aliphatic carbocycles. The maximum Gasteiger partial charge on any atom is 0.141 e. The Morgan fingerprint density at radius 1 is 0.900 bits per heavy atom. The lowest BCUT2D eigenvalue weighted by atomic mass is 9.77. The van der Waals surface area contributed by atoms with Gasteiger partial charge in [0, 0.05) is 0 Å². The van der Waals surface area contributed by atoms with E-state index < -0.39 is 5.82 Å². The van der Waals surface area contributed by atoms with Gasteiger partial charge in [-0.3, -0.25) is 0 Å². The van der Waals surface area contributed by atoms with Crippen LogP contribution in [0.15, 0.2) is 54.9 Å². The van der Waals surface area contributed by atoms with Gasteiger partial charge in [-0.15, -0.1) is 0 Å². The van der Waals surface area contributed by atoms with Gasteiger partial charge in [0.25, 0.3) is 0 Å². The minimum Gasteiger partial charge on any atom is -0.216 e. The third-order valence-corrected chi connectivity index (χ3v) is 6.47. The van der Waals surface area contributed by atoms with Crippen LogP contribution in [0.3, 0.4) is 0 Å². The van der Waals surface area contributed by atoms with E-state index in [1.807, 2.05) is 6.07 Å². The van der Waals surface area contributed by atoms with Crippen molar-refractivity contribution < 1.29 is 8.78 Å². The van der Waals surface area contributed by atoms with Crippen molar-refractivity contribution >= 4 is 0 Å². The summed E-state index contributed by atoms with van der Waals surface area (Å²) in [5, 5.41) is 8.88. The fourth-order valence-corrected chi connectivity index (χ4v) is 4.63. The second-order valence-electron chi connectivity index (χ2n) is 8.50. The summed E-state index contributed by atoms with van der Waals surface area (Å²) >= 11 is 0. The molecule has 3 rings (SSSR count). The smallest absolute Gasteiger partial charge is 0.141 e. The van der Waals surface area contributed by atoms with E-state index in [1.165, 1.54) is 63.0 Å². The highest BCUT2D eigenvalue weighted by Crippen LogP contribution is 2.38. The molecule has 0 aromatic heterocycles. The number of benzene rings is 2. The number of nitrogens with zero attached hydrogens (tertiary/aromatic N) is 1. The van der Waals surface area contributed by atoms with E-state index in [0.717, 1.165) is 29.9 Å². The minimum atomic E-state index is -0.464. The van der Waals surface area contributed by atoms with Crippen molar-refractivity contribution in [3.05, 3.63) is 71.8 Å². The number of allylic oxidation sites excluding steroid dienone is 1. The van der Waals surface area contributed by atoms with Crippen LogP contribution in [-0.4, -0.2) is 0 Å². The van der Waals surface area contributed by atoms with Crippen molar-refractivity contribution in [2.75, 3.05) is 0 Å². The molecule has 0 radical (unpaired) electrons. The number of nitriles is 1. The molecule has 0 saturated heterocycles. The van der Waals surface area contributed by atoms with E-state index in [9.17, 15) is 8.78 Å². The van der Waals surface area contributed by atoms with Gasteiger partial charge in [-0.25, -0.2) is 8.78 Å². The summed E-state index contributed by atoms with van der Waals surface area (Å²) in [7, 11) is 0. The summed E-state index contributed by atoms with van der Waals surface area (Å²) in [5.74, 6) is 1.02. The summed E-state index contributed by atoms with van der Waals surface area (Å²) in [5.41, 5.74) is 3.26. The first-order chi connectivity index (χ1) is 14.7. The molecule has 30 heavy (non-hydrogen) atoms. The quantitative estimate of drug-likeness (QED) is 0.382.